The summed E-state index contributed by atoms with van der Waals surface area (Å²) in [7, 11) is 0. The standard InChI is InChI=1S/C22H18ClN3O3S/c1-3-29-21(28)18-13(2)25-22-26(19(18)15-8-4-5-9-16(15)23)20(27)17(30-22)11-14-7-6-10-24-12-14/h4-12,19H,3H2,1-2H3/b17-11+/t19-/m0/s1. The van der Waals surface area contributed by atoms with Crippen LogP contribution in [0.3, 0.4) is 0 Å². The summed E-state index contributed by atoms with van der Waals surface area (Å²) in [6, 6.07) is 10.1. The van der Waals surface area contributed by atoms with Gasteiger partial charge in [0.05, 0.1) is 22.4 Å². The molecule has 0 saturated heterocycles. The molecule has 8 heteroatoms. The number of hydrogen-bond donors (Lipinski definition) is 0. The third-order valence-corrected chi connectivity index (χ3v) is 6.03. The summed E-state index contributed by atoms with van der Waals surface area (Å²) >= 11 is 7.74. The van der Waals surface area contributed by atoms with Crippen molar-refractivity contribution in [2.45, 2.75) is 19.9 Å². The lowest BCUT2D eigenvalue weighted by Gasteiger charge is -2.25. The van der Waals surface area contributed by atoms with Crippen molar-refractivity contribution in [3.05, 3.63) is 95.9 Å². The highest BCUT2D eigenvalue weighted by Gasteiger charge is 2.34. The molecule has 1 atom stereocenters. The van der Waals surface area contributed by atoms with Crippen LogP contribution in [-0.4, -0.2) is 22.1 Å². The van der Waals surface area contributed by atoms with Gasteiger partial charge in [-0.2, -0.15) is 0 Å². The first-order chi connectivity index (χ1) is 14.5. The number of nitrogens with zero attached hydrogens (tertiary/aromatic N) is 3. The largest absolute Gasteiger partial charge is 0.463 e. The van der Waals surface area contributed by atoms with Crippen LogP contribution >= 0.6 is 22.9 Å². The number of esters is 1. The molecule has 0 aliphatic carbocycles. The molecule has 0 unspecified atom stereocenters. The van der Waals surface area contributed by atoms with Crippen LogP contribution in [0.2, 0.25) is 5.02 Å². The second-order valence-electron chi connectivity index (χ2n) is 6.61. The monoisotopic (exact) mass is 439 g/mol. The second kappa shape index (κ2) is 8.38. The Morgan fingerprint density at radius 1 is 1.30 bits per heavy atom. The number of thiazole rings is 1. The minimum Gasteiger partial charge on any atom is -0.463 e. The molecule has 0 spiro atoms. The summed E-state index contributed by atoms with van der Waals surface area (Å²) in [4.78, 5) is 35.3. The van der Waals surface area contributed by atoms with Gasteiger partial charge in [0.25, 0.3) is 5.56 Å². The number of carbonyl (C=O) groups excluding carboxylic acids is 1. The highest BCUT2D eigenvalue weighted by atomic mass is 35.5. The Balaban J connectivity index is 1.99. The number of benzene rings is 1. The molecular weight excluding hydrogens is 422 g/mol. The van der Waals surface area contributed by atoms with E-state index < -0.39 is 12.0 Å². The van der Waals surface area contributed by atoms with Crippen LogP contribution in [0.4, 0.5) is 0 Å². The molecule has 0 fully saturated rings. The quantitative estimate of drug-likeness (QED) is 0.586. The fraction of sp³-hybridized carbons (Fsp3) is 0.182. The van der Waals surface area contributed by atoms with Gasteiger partial charge in [0.1, 0.15) is 6.04 Å². The van der Waals surface area contributed by atoms with Crippen LogP contribution in [0.5, 0.6) is 0 Å². The van der Waals surface area contributed by atoms with Crippen LogP contribution in [-0.2, 0) is 9.53 Å². The van der Waals surface area contributed by atoms with Gasteiger partial charge in [0.2, 0.25) is 0 Å². The molecular formula is C22H18ClN3O3S. The smallest absolute Gasteiger partial charge is 0.338 e. The minimum atomic E-state index is -0.718. The second-order valence-corrected chi connectivity index (χ2v) is 8.03. The first-order valence-electron chi connectivity index (χ1n) is 9.35. The molecule has 30 heavy (non-hydrogen) atoms. The van der Waals surface area contributed by atoms with Gasteiger partial charge in [0, 0.05) is 17.4 Å². The number of ether oxygens (including phenoxy) is 1. The van der Waals surface area contributed by atoms with Gasteiger partial charge in [-0.1, -0.05) is 47.2 Å². The molecule has 3 aromatic rings. The first kappa shape index (κ1) is 20.3. The highest BCUT2D eigenvalue weighted by molar-refractivity contribution is 7.07. The van der Waals surface area contributed by atoms with E-state index in [4.69, 9.17) is 16.3 Å². The molecule has 2 aromatic heterocycles. The Morgan fingerprint density at radius 2 is 2.10 bits per heavy atom. The van der Waals surface area contributed by atoms with Crippen molar-refractivity contribution in [2.75, 3.05) is 6.61 Å². The van der Waals surface area contributed by atoms with Crippen LogP contribution in [0.25, 0.3) is 6.08 Å². The number of hydrogen-bond acceptors (Lipinski definition) is 6. The summed E-state index contributed by atoms with van der Waals surface area (Å²) in [5.41, 5.74) is 2.02. The van der Waals surface area contributed by atoms with Crippen molar-refractivity contribution in [1.82, 2.24) is 9.55 Å². The Kier molecular flexibility index (Phi) is 5.65. The van der Waals surface area contributed by atoms with E-state index in [2.05, 4.69) is 9.98 Å². The zero-order valence-electron chi connectivity index (χ0n) is 16.3. The van der Waals surface area contributed by atoms with E-state index in [1.165, 1.54) is 15.9 Å². The van der Waals surface area contributed by atoms with E-state index in [0.717, 1.165) is 5.56 Å². The average Bonchev–Trinajstić information content (AvgIpc) is 3.03. The summed E-state index contributed by atoms with van der Waals surface area (Å²) in [6.07, 6.45) is 5.12. The first-order valence-corrected chi connectivity index (χ1v) is 10.5. The molecule has 1 aromatic carbocycles. The Bertz CT molecular complexity index is 1330. The molecule has 152 valence electrons. The molecule has 0 radical (unpaired) electrons. The lowest BCUT2D eigenvalue weighted by atomic mass is 9.96. The number of pyridine rings is 1. The van der Waals surface area contributed by atoms with Crippen molar-refractivity contribution >= 4 is 35.0 Å². The summed E-state index contributed by atoms with van der Waals surface area (Å²) in [5.74, 6) is -0.509. The van der Waals surface area contributed by atoms with Gasteiger partial charge in [-0.05, 0) is 43.2 Å². The number of fused-ring (bicyclic) bond motifs is 1. The van der Waals surface area contributed by atoms with Gasteiger partial charge in [-0.3, -0.25) is 14.3 Å². The van der Waals surface area contributed by atoms with Crippen LogP contribution in [0.1, 0.15) is 31.0 Å². The Hall–Kier alpha value is -3.03. The number of aromatic nitrogens is 2. The van der Waals surface area contributed by atoms with Crippen molar-refractivity contribution in [2.24, 2.45) is 4.99 Å². The molecule has 0 bridgehead atoms. The van der Waals surface area contributed by atoms with Crippen molar-refractivity contribution < 1.29 is 9.53 Å². The van der Waals surface area contributed by atoms with E-state index in [1.54, 1.807) is 50.5 Å². The van der Waals surface area contributed by atoms with E-state index in [9.17, 15) is 9.59 Å². The number of rotatable bonds is 4. The number of allylic oxidation sites excluding steroid dienone is 1. The third kappa shape index (κ3) is 3.62. The SMILES string of the molecule is CCOC(=O)C1=C(C)N=c2s/c(=C/c3cccnc3)c(=O)n2[C@H]1c1ccccc1Cl. The predicted molar refractivity (Wildman–Crippen MR) is 116 cm³/mol. The van der Waals surface area contributed by atoms with Gasteiger partial charge >= 0.3 is 5.97 Å². The Labute approximate surface area is 181 Å². The highest BCUT2D eigenvalue weighted by Crippen LogP contribution is 2.34. The Morgan fingerprint density at radius 3 is 2.80 bits per heavy atom. The average molecular weight is 440 g/mol. The number of halogens is 1. The predicted octanol–water partition coefficient (Wildman–Crippen LogP) is 2.85. The van der Waals surface area contributed by atoms with Gasteiger partial charge in [0.15, 0.2) is 4.80 Å². The van der Waals surface area contributed by atoms with E-state index in [0.29, 0.717) is 31.2 Å². The van der Waals surface area contributed by atoms with Crippen molar-refractivity contribution in [3.8, 4) is 0 Å². The summed E-state index contributed by atoms with van der Waals surface area (Å²) < 4.78 is 7.29. The number of carbonyl (C=O) groups is 1. The fourth-order valence-corrected chi connectivity index (χ4v) is 4.68. The molecule has 1 aliphatic rings. The lowest BCUT2D eigenvalue weighted by molar-refractivity contribution is -0.139. The lowest BCUT2D eigenvalue weighted by Crippen LogP contribution is -2.40. The molecule has 0 saturated carbocycles. The van der Waals surface area contributed by atoms with Crippen LogP contribution in [0.15, 0.2) is 69.8 Å². The zero-order valence-corrected chi connectivity index (χ0v) is 17.9. The molecule has 4 rings (SSSR count). The zero-order chi connectivity index (χ0) is 21.3. The van der Waals surface area contributed by atoms with Gasteiger partial charge in [-0.25, -0.2) is 9.79 Å². The van der Waals surface area contributed by atoms with Crippen molar-refractivity contribution in [3.63, 3.8) is 0 Å². The van der Waals surface area contributed by atoms with Gasteiger partial charge < -0.3 is 4.74 Å². The molecule has 3 heterocycles. The molecule has 0 N–H and O–H groups in total. The molecule has 1 aliphatic heterocycles. The maximum absolute atomic E-state index is 13.4. The van der Waals surface area contributed by atoms with E-state index in [1.807, 2.05) is 18.2 Å². The fourth-order valence-electron chi connectivity index (χ4n) is 3.40. The van der Waals surface area contributed by atoms with Crippen molar-refractivity contribution in [1.29, 1.82) is 0 Å². The summed E-state index contributed by atoms with van der Waals surface area (Å²) in [5, 5.41) is 0.459. The van der Waals surface area contributed by atoms with Crippen LogP contribution < -0.4 is 14.9 Å². The van der Waals surface area contributed by atoms with Crippen LogP contribution in [0, 0.1) is 0 Å². The summed E-state index contributed by atoms with van der Waals surface area (Å²) in [6.45, 7) is 3.70. The topological polar surface area (TPSA) is 73.6 Å². The normalized spacial score (nSPS) is 16.2. The maximum atomic E-state index is 13.4. The molecule has 6 nitrogen and oxygen atoms in total. The van der Waals surface area contributed by atoms with E-state index in [-0.39, 0.29) is 12.2 Å². The maximum Gasteiger partial charge on any atom is 0.338 e. The molecule has 0 amide bonds. The van der Waals surface area contributed by atoms with E-state index >= 15 is 0 Å². The van der Waals surface area contributed by atoms with Gasteiger partial charge in [-0.15, -0.1) is 0 Å². The third-order valence-electron chi connectivity index (χ3n) is 4.70. The minimum absolute atomic E-state index is 0.219.